The van der Waals surface area contributed by atoms with Crippen molar-refractivity contribution < 1.29 is 4.79 Å². The molecule has 2 N–H and O–H groups in total. The molecule has 0 bridgehead atoms. The molecule has 1 aromatic rings. The van der Waals surface area contributed by atoms with Crippen LogP contribution in [0, 0.1) is 5.92 Å². The molecule has 3 nitrogen and oxygen atoms in total. The molecule has 0 saturated heterocycles. The van der Waals surface area contributed by atoms with E-state index in [4.69, 9.17) is 5.73 Å². The zero-order chi connectivity index (χ0) is 13.3. The largest absolute Gasteiger partial charge is 0.334 e. The van der Waals surface area contributed by atoms with Crippen molar-refractivity contribution in [2.75, 3.05) is 6.54 Å². The van der Waals surface area contributed by atoms with Gasteiger partial charge in [0.05, 0.1) is 12.1 Å². The topological polar surface area (TPSA) is 46.3 Å². The first-order valence-electron chi connectivity index (χ1n) is 6.63. The van der Waals surface area contributed by atoms with Crippen molar-refractivity contribution in [1.29, 1.82) is 0 Å². The van der Waals surface area contributed by atoms with Gasteiger partial charge in [-0.3, -0.25) is 4.79 Å². The number of fused-ring (bicyclic) bond motifs is 1. The van der Waals surface area contributed by atoms with Gasteiger partial charge in [-0.05, 0) is 42.7 Å². The van der Waals surface area contributed by atoms with Crippen LogP contribution in [0.3, 0.4) is 0 Å². The highest BCUT2D eigenvalue weighted by atomic mass is 32.1. The van der Waals surface area contributed by atoms with E-state index in [1.807, 2.05) is 4.90 Å². The smallest absolute Gasteiger partial charge is 0.240 e. The van der Waals surface area contributed by atoms with Crippen LogP contribution < -0.4 is 5.73 Å². The average molecular weight is 266 g/mol. The van der Waals surface area contributed by atoms with E-state index >= 15 is 0 Å². The van der Waals surface area contributed by atoms with E-state index in [1.165, 1.54) is 10.4 Å². The summed E-state index contributed by atoms with van der Waals surface area (Å²) >= 11 is 1.79. The summed E-state index contributed by atoms with van der Waals surface area (Å²) in [7, 11) is 0. The molecule has 1 aliphatic rings. The number of rotatable bonds is 3. The molecule has 0 aliphatic carbocycles. The average Bonchev–Trinajstić information content (AvgIpc) is 2.76. The Hall–Kier alpha value is -0.870. The molecule has 0 spiro atoms. The fraction of sp³-hybridized carbons (Fsp3) is 0.643. The number of hydrogen-bond acceptors (Lipinski definition) is 3. The van der Waals surface area contributed by atoms with Gasteiger partial charge in [0.1, 0.15) is 0 Å². The van der Waals surface area contributed by atoms with Crippen LogP contribution in [0.4, 0.5) is 0 Å². The fourth-order valence-electron chi connectivity index (χ4n) is 2.63. The molecule has 2 rings (SSSR count). The second-order valence-corrected chi connectivity index (χ2v) is 6.49. The van der Waals surface area contributed by atoms with Crippen molar-refractivity contribution in [1.82, 2.24) is 4.90 Å². The van der Waals surface area contributed by atoms with E-state index in [9.17, 15) is 4.79 Å². The molecule has 0 saturated carbocycles. The van der Waals surface area contributed by atoms with E-state index < -0.39 is 0 Å². The summed E-state index contributed by atoms with van der Waals surface area (Å²) < 4.78 is 0. The Morgan fingerprint density at radius 3 is 3.00 bits per heavy atom. The SMILES string of the molecule is CC(C)C[C@H](N)C(=O)N1CCc2sccc2C1C. The Balaban J connectivity index is 2.09. The van der Waals surface area contributed by atoms with Gasteiger partial charge in [0.2, 0.25) is 5.91 Å². The van der Waals surface area contributed by atoms with E-state index in [2.05, 4.69) is 32.2 Å². The monoisotopic (exact) mass is 266 g/mol. The predicted molar refractivity (Wildman–Crippen MR) is 75.6 cm³/mol. The minimum absolute atomic E-state index is 0.105. The number of carbonyl (C=O) groups excluding carboxylic acids is 1. The second kappa shape index (κ2) is 5.41. The van der Waals surface area contributed by atoms with E-state index in [1.54, 1.807) is 11.3 Å². The van der Waals surface area contributed by atoms with Crippen LogP contribution in [0.15, 0.2) is 11.4 Å². The maximum absolute atomic E-state index is 12.4. The van der Waals surface area contributed by atoms with E-state index in [0.717, 1.165) is 19.4 Å². The van der Waals surface area contributed by atoms with Gasteiger partial charge in [0, 0.05) is 11.4 Å². The van der Waals surface area contributed by atoms with Crippen LogP contribution in [-0.4, -0.2) is 23.4 Å². The molecular formula is C14H22N2OS. The fourth-order valence-corrected chi connectivity index (χ4v) is 3.59. The van der Waals surface area contributed by atoms with Gasteiger partial charge in [-0.1, -0.05) is 13.8 Å². The number of nitrogens with zero attached hydrogens (tertiary/aromatic N) is 1. The van der Waals surface area contributed by atoms with Crippen LogP contribution in [0.2, 0.25) is 0 Å². The van der Waals surface area contributed by atoms with Gasteiger partial charge in [0.25, 0.3) is 0 Å². The molecule has 0 aromatic carbocycles. The van der Waals surface area contributed by atoms with E-state index in [-0.39, 0.29) is 18.0 Å². The third-order valence-corrected chi connectivity index (χ3v) is 4.60. The molecule has 1 amide bonds. The van der Waals surface area contributed by atoms with Crippen molar-refractivity contribution in [3.05, 3.63) is 21.9 Å². The normalized spacial score (nSPS) is 20.9. The summed E-state index contributed by atoms with van der Waals surface area (Å²) in [6.45, 7) is 7.11. The van der Waals surface area contributed by atoms with Gasteiger partial charge >= 0.3 is 0 Å². The molecular weight excluding hydrogens is 244 g/mol. The summed E-state index contributed by atoms with van der Waals surface area (Å²) in [5.74, 6) is 0.564. The van der Waals surface area contributed by atoms with Gasteiger partial charge in [-0.15, -0.1) is 11.3 Å². The van der Waals surface area contributed by atoms with Crippen LogP contribution in [0.5, 0.6) is 0 Å². The molecule has 1 aromatic heterocycles. The Labute approximate surface area is 113 Å². The number of hydrogen-bond donors (Lipinski definition) is 1. The Morgan fingerprint density at radius 2 is 2.33 bits per heavy atom. The minimum Gasteiger partial charge on any atom is -0.334 e. The zero-order valence-corrected chi connectivity index (χ0v) is 12.2. The summed E-state index contributed by atoms with van der Waals surface area (Å²) in [4.78, 5) is 15.7. The second-order valence-electron chi connectivity index (χ2n) is 5.49. The Kier molecular flexibility index (Phi) is 4.07. The van der Waals surface area contributed by atoms with Gasteiger partial charge < -0.3 is 10.6 Å². The van der Waals surface area contributed by atoms with Crippen LogP contribution in [0.1, 0.15) is 43.7 Å². The van der Waals surface area contributed by atoms with Crippen molar-refractivity contribution in [3.63, 3.8) is 0 Å². The lowest BCUT2D eigenvalue weighted by Crippen LogP contribution is -2.47. The summed E-state index contributed by atoms with van der Waals surface area (Å²) in [5.41, 5.74) is 7.32. The highest BCUT2D eigenvalue weighted by Crippen LogP contribution is 2.33. The van der Waals surface area contributed by atoms with Crippen LogP contribution >= 0.6 is 11.3 Å². The molecule has 100 valence electrons. The minimum atomic E-state index is -0.354. The molecule has 2 atom stereocenters. The Morgan fingerprint density at radius 1 is 1.61 bits per heavy atom. The third kappa shape index (κ3) is 2.59. The molecule has 18 heavy (non-hydrogen) atoms. The first kappa shape index (κ1) is 13.6. The maximum Gasteiger partial charge on any atom is 0.240 e. The first-order valence-corrected chi connectivity index (χ1v) is 7.51. The van der Waals surface area contributed by atoms with Gasteiger partial charge in [-0.2, -0.15) is 0 Å². The lowest BCUT2D eigenvalue weighted by Gasteiger charge is -2.35. The van der Waals surface area contributed by atoms with E-state index in [0.29, 0.717) is 5.92 Å². The molecule has 4 heteroatoms. The lowest BCUT2D eigenvalue weighted by atomic mass is 9.98. The molecule has 2 heterocycles. The molecule has 0 fully saturated rings. The predicted octanol–water partition coefficient (Wildman–Crippen LogP) is 2.57. The first-order chi connectivity index (χ1) is 8.50. The highest BCUT2D eigenvalue weighted by Gasteiger charge is 2.31. The van der Waals surface area contributed by atoms with Gasteiger partial charge in [-0.25, -0.2) is 0 Å². The quantitative estimate of drug-likeness (QED) is 0.914. The van der Waals surface area contributed by atoms with Crippen molar-refractivity contribution in [2.24, 2.45) is 11.7 Å². The number of nitrogens with two attached hydrogens (primary N) is 1. The number of amides is 1. The van der Waals surface area contributed by atoms with Crippen molar-refractivity contribution in [2.45, 2.75) is 45.7 Å². The zero-order valence-electron chi connectivity index (χ0n) is 11.3. The molecule has 1 aliphatic heterocycles. The summed E-state index contributed by atoms with van der Waals surface area (Å²) in [6, 6.07) is 1.95. The third-order valence-electron chi connectivity index (χ3n) is 3.60. The summed E-state index contributed by atoms with van der Waals surface area (Å²) in [6.07, 6.45) is 1.73. The number of thiophene rings is 1. The van der Waals surface area contributed by atoms with Crippen molar-refractivity contribution in [3.8, 4) is 0 Å². The highest BCUT2D eigenvalue weighted by molar-refractivity contribution is 7.10. The van der Waals surface area contributed by atoms with Gasteiger partial charge in [0.15, 0.2) is 0 Å². The summed E-state index contributed by atoms with van der Waals surface area (Å²) in [5, 5.41) is 2.11. The van der Waals surface area contributed by atoms with Crippen LogP contribution in [-0.2, 0) is 11.2 Å². The number of carbonyl (C=O) groups is 1. The Bertz CT molecular complexity index is 427. The lowest BCUT2D eigenvalue weighted by molar-refractivity contribution is -0.135. The molecule has 0 radical (unpaired) electrons. The molecule has 1 unspecified atom stereocenters. The van der Waals surface area contributed by atoms with Crippen LogP contribution in [0.25, 0.3) is 0 Å². The van der Waals surface area contributed by atoms with Crippen molar-refractivity contribution >= 4 is 17.2 Å². The maximum atomic E-state index is 12.4. The standard InChI is InChI=1S/C14H22N2OS/c1-9(2)8-12(15)14(17)16-6-4-13-11(10(16)3)5-7-18-13/h5,7,9-10,12H,4,6,8,15H2,1-3H3/t10?,12-/m0/s1.